The third-order valence-corrected chi connectivity index (χ3v) is 8.61. The van der Waals surface area contributed by atoms with Gasteiger partial charge in [-0.3, -0.25) is 0 Å². The van der Waals surface area contributed by atoms with Gasteiger partial charge in [0.15, 0.2) is 0 Å². The van der Waals surface area contributed by atoms with Gasteiger partial charge >= 0.3 is 0 Å². The van der Waals surface area contributed by atoms with Crippen LogP contribution < -0.4 is 0 Å². The highest BCUT2D eigenvalue weighted by Crippen LogP contribution is 2.42. The van der Waals surface area contributed by atoms with Crippen molar-refractivity contribution >= 4 is 54.1 Å². The summed E-state index contributed by atoms with van der Waals surface area (Å²) in [6.45, 7) is 0. The highest BCUT2D eigenvalue weighted by Gasteiger charge is 2.16. The molecule has 0 amide bonds. The van der Waals surface area contributed by atoms with E-state index in [9.17, 15) is 0 Å². The van der Waals surface area contributed by atoms with Crippen molar-refractivity contribution in [2.75, 3.05) is 0 Å². The highest BCUT2D eigenvalue weighted by atomic mass is 14.8. The molecule has 0 unspecified atom stereocenters. The predicted molar refractivity (Wildman–Crippen MR) is 177 cm³/mol. The molecule has 7 aromatic carbocycles. The fourth-order valence-electron chi connectivity index (χ4n) is 6.58. The van der Waals surface area contributed by atoms with Crippen LogP contribution in [-0.2, 0) is 0 Å². The molecule has 9 rings (SSSR count). The quantitative estimate of drug-likeness (QED) is 0.212. The van der Waals surface area contributed by atoms with Crippen molar-refractivity contribution in [3.8, 4) is 33.6 Å². The minimum atomic E-state index is 0.930. The second kappa shape index (κ2) is 8.95. The Morgan fingerprint density at radius 3 is 1.40 bits per heavy atom. The summed E-state index contributed by atoms with van der Waals surface area (Å²) < 4.78 is 0. The first-order chi connectivity index (χ1) is 20.8. The molecule has 0 radical (unpaired) electrons. The molecular formula is C40H24N2. The summed E-state index contributed by atoms with van der Waals surface area (Å²) in [4.78, 5) is 10.4. The van der Waals surface area contributed by atoms with E-state index < -0.39 is 0 Å². The second-order valence-corrected chi connectivity index (χ2v) is 11.0. The van der Waals surface area contributed by atoms with E-state index in [-0.39, 0.29) is 0 Å². The van der Waals surface area contributed by atoms with Crippen LogP contribution in [0.25, 0.3) is 87.8 Å². The summed E-state index contributed by atoms with van der Waals surface area (Å²) in [6.07, 6.45) is 0. The van der Waals surface area contributed by atoms with Gasteiger partial charge in [0.25, 0.3) is 0 Å². The Morgan fingerprint density at radius 2 is 0.762 bits per heavy atom. The number of fused-ring (bicyclic) bond motifs is 3. The van der Waals surface area contributed by atoms with Gasteiger partial charge in [-0.1, -0.05) is 133 Å². The summed E-state index contributed by atoms with van der Waals surface area (Å²) in [5.74, 6) is 0. The maximum atomic E-state index is 5.29. The van der Waals surface area contributed by atoms with Crippen molar-refractivity contribution in [1.29, 1.82) is 0 Å². The number of aromatic nitrogens is 2. The first-order valence-corrected chi connectivity index (χ1v) is 14.3. The lowest BCUT2D eigenvalue weighted by Gasteiger charge is -2.16. The minimum absolute atomic E-state index is 0.930. The molecule has 0 saturated carbocycles. The molecule has 2 nitrogen and oxygen atoms in total. The van der Waals surface area contributed by atoms with Crippen LogP contribution in [0.5, 0.6) is 0 Å². The predicted octanol–water partition coefficient (Wildman–Crippen LogP) is 10.7. The molecule has 0 N–H and O–H groups in total. The number of pyridine rings is 2. The third-order valence-electron chi connectivity index (χ3n) is 8.61. The van der Waals surface area contributed by atoms with Gasteiger partial charge < -0.3 is 0 Å². The van der Waals surface area contributed by atoms with Crippen LogP contribution in [-0.4, -0.2) is 9.97 Å². The van der Waals surface area contributed by atoms with Crippen LogP contribution in [0.2, 0.25) is 0 Å². The van der Waals surface area contributed by atoms with E-state index >= 15 is 0 Å². The van der Waals surface area contributed by atoms with E-state index in [1.54, 1.807) is 0 Å². The Kier molecular flexibility index (Phi) is 4.93. The van der Waals surface area contributed by atoms with Crippen molar-refractivity contribution in [2.45, 2.75) is 0 Å². The maximum Gasteiger partial charge on any atom is 0.0972 e. The minimum Gasteiger partial charge on any atom is -0.245 e. The molecule has 0 spiro atoms. The zero-order valence-corrected chi connectivity index (χ0v) is 22.8. The van der Waals surface area contributed by atoms with Crippen molar-refractivity contribution in [3.05, 3.63) is 146 Å². The molecule has 0 saturated heterocycles. The molecule has 2 heterocycles. The van der Waals surface area contributed by atoms with E-state index in [1.807, 2.05) is 6.07 Å². The fourth-order valence-corrected chi connectivity index (χ4v) is 6.58. The molecule has 0 aliphatic rings. The molecule has 2 aromatic heterocycles. The molecule has 0 bridgehead atoms. The summed E-state index contributed by atoms with van der Waals surface area (Å²) in [6, 6.07) is 51.9. The number of rotatable bonds is 3. The largest absolute Gasteiger partial charge is 0.245 e. The standard InChI is InChI=1S/C40H24N2/c1-3-7-25(8-4-1)31-19-13-27-16-22-34-32(20-14-28-15-21-33(31)37(27)38(28)34)36-24-18-30-12-11-29-17-23-35(26-9-5-2-6-10-26)41-39(29)40(30)42-36/h1-24H. The smallest absolute Gasteiger partial charge is 0.0972 e. The molecule has 0 aliphatic heterocycles. The lowest BCUT2D eigenvalue weighted by Crippen LogP contribution is -1.93. The number of benzene rings is 7. The molecule has 0 fully saturated rings. The SMILES string of the molecule is c1ccc(-c2ccc3ccc4ccc(-c5ccc6ccc7c(-c8ccccc8)ccc8ccc5c6c87)nc4c3n2)cc1. The van der Waals surface area contributed by atoms with Gasteiger partial charge in [-0.15, -0.1) is 0 Å². The van der Waals surface area contributed by atoms with Gasteiger partial charge in [0, 0.05) is 21.9 Å². The van der Waals surface area contributed by atoms with Crippen LogP contribution in [0.3, 0.4) is 0 Å². The van der Waals surface area contributed by atoms with Crippen LogP contribution >= 0.6 is 0 Å². The van der Waals surface area contributed by atoms with Crippen molar-refractivity contribution < 1.29 is 0 Å². The summed E-state index contributed by atoms with van der Waals surface area (Å²) in [5.41, 5.74) is 8.53. The van der Waals surface area contributed by atoms with Gasteiger partial charge in [0.1, 0.15) is 0 Å². The number of nitrogens with zero attached hydrogens (tertiary/aromatic N) is 2. The Balaban J connectivity index is 1.29. The van der Waals surface area contributed by atoms with Crippen LogP contribution in [0.15, 0.2) is 146 Å². The molecule has 194 valence electrons. The van der Waals surface area contributed by atoms with Crippen LogP contribution in [0.1, 0.15) is 0 Å². The van der Waals surface area contributed by atoms with Gasteiger partial charge in [-0.25, -0.2) is 9.97 Å². The van der Waals surface area contributed by atoms with Crippen molar-refractivity contribution in [2.24, 2.45) is 0 Å². The third kappa shape index (κ3) is 3.45. The molecule has 2 heteroatoms. The van der Waals surface area contributed by atoms with Crippen molar-refractivity contribution in [3.63, 3.8) is 0 Å². The lowest BCUT2D eigenvalue weighted by atomic mass is 9.88. The first kappa shape index (κ1) is 23.1. The molecule has 0 atom stereocenters. The zero-order valence-electron chi connectivity index (χ0n) is 22.8. The second-order valence-electron chi connectivity index (χ2n) is 11.0. The van der Waals surface area contributed by atoms with E-state index in [0.717, 1.165) is 44.3 Å². The van der Waals surface area contributed by atoms with Gasteiger partial charge in [0.2, 0.25) is 0 Å². The van der Waals surface area contributed by atoms with Gasteiger partial charge in [-0.05, 0) is 55.6 Å². The van der Waals surface area contributed by atoms with Crippen LogP contribution in [0, 0.1) is 0 Å². The van der Waals surface area contributed by atoms with Crippen molar-refractivity contribution in [1.82, 2.24) is 9.97 Å². The monoisotopic (exact) mass is 532 g/mol. The fraction of sp³-hybridized carbons (Fsp3) is 0. The number of hydrogen-bond donors (Lipinski definition) is 0. The summed E-state index contributed by atoms with van der Waals surface area (Å²) >= 11 is 0. The molecule has 42 heavy (non-hydrogen) atoms. The average molecular weight is 533 g/mol. The summed E-state index contributed by atoms with van der Waals surface area (Å²) in [5, 5.41) is 9.81. The lowest BCUT2D eigenvalue weighted by molar-refractivity contribution is 1.37. The molecule has 0 aliphatic carbocycles. The Morgan fingerprint density at radius 1 is 0.310 bits per heavy atom. The summed E-state index contributed by atoms with van der Waals surface area (Å²) in [7, 11) is 0. The van der Waals surface area contributed by atoms with E-state index in [1.165, 1.54) is 43.4 Å². The zero-order chi connectivity index (χ0) is 27.6. The first-order valence-electron chi connectivity index (χ1n) is 14.3. The maximum absolute atomic E-state index is 5.29. The molecule has 9 aromatic rings. The average Bonchev–Trinajstić information content (AvgIpc) is 3.07. The Labute approximate surface area is 242 Å². The number of hydrogen-bond acceptors (Lipinski definition) is 2. The topological polar surface area (TPSA) is 25.8 Å². The van der Waals surface area contributed by atoms with Gasteiger partial charge in [0.05, 0.1) is 22.4 Å². The van der Waals surface area contributed by atoms with E-state index in [4.69, 9.17) is 9.97 Å². The van der Waals surface area contributed by atoms with Gasteiger partial charge in [-0.2, -0.15) is 0 Å². The van der Waals surface area contributed by atoms with Crippen LogP contribution in [0.4, 0.5) is 0 Å². The highest BCUT2D eigenvalue weighted by molar-refractivity contribution is 6.27. The molecular weight excluding hydrogens is 508 g/mol. The van der Waals surface area contributed by atoms with E-state index in [2.05, 4.69) is 140 Å². The van der Waals surface area contributed by atoms with E-state index in [0.29, 0.717) is 0 Å². The Bertz CT molecular complexity index is 2440. The Hall–Kier alpha value is -5.60. The normalized spacial score (nSPS) is 11.8.